The largest absolute Gasteiger partial charge is 0.502 e. The van der Waals surface area contributed by atoms with Crippen LogP contribution in [0.15, 0.2) is 33.7 Å². The molecule has 5 nitrogen and oxygen atoms in total. The molecule has 0 saturated heterocycles. The minimum atomic E-state index is -4.38. The van der Waals surface area contributed by atoms with Gasteiger partial charge in [0.05, 0.1) is 6.54 Å². The van der Waals surface area contributed by atoms with E-state index >= 15 is 0 Å². The fourth-order valence-corrected chi connectivity index (χ4v) is 2.67. The number of nitrogens with zero attached hydrogens (tertiary/aromatic N) is 1. The van der Waals surface area contributed by atoms with E-state index in [1.807, 2.05) is 11.9 Å². The molecule has 0 aliphatic heterocycles. The van der Waals surface area contributed by atoms with Crippen LogP contribution in [0.5, 0.6) is 11.5 Å². The molecule has 0 spiro atoms. The van der Waals surface area contributed by atoms with Gasteiger partial charge in [0.15, 0.2) is 12.4 Å². The van der Waals surface area contributed by atoms with Gasteiger partial charge in [-0.3, -0.25) is 9.69 Å². The Morgan fingerprint density at radius 2 is 1.77 bits per heavy atom. The van der Waals surface area contributed by atoms with Gasteiger partial charge in [-0.1, -0.05) is 12.1 Å². The summed E-state index contributed by atoms with van der Waals surface area (Å²) < 4.78 is 47.1. The third-order valence-corrected chi connectivity index (χ3v) is 3.64. The average Bonchev–Trinajstić information content (AvgIpc) is 2.49. The SMILES string of the molecule is Cc1cc(CN(C)Cc2cc(=O)c(O)co2)cc(C)c1OCC(F)(F)F. The molecule has 0 fully saturated rings. The summed E-state index contributed by atoms with van der Waals surface area (Å²) in [6.07, 6.45) is -3.39. The van der Waals surface area contributed by atoms with Crippen LogP contribution in [0.1, 0.15) is 22.5 Å². The lowest BCUT2D eigenvalue weighted by molar-refractivity contribution is -0.153. The van der Waals surface area contributed by atoms with Crippen molar-refractivity contribution in [2.45, 2.75) is 33.1 Å². The number of ether oxygens (including phenoxy) is 1. The van der Waals surface area contributed by atoms with Gasteiger partial charge in [0.25, 0.3) is 0 Å². The first-order valence-corrected chi connectivity index (χ1v) is 7.84. The van der Waals surface area contributed by atoms with Crippen LogP contribution in [0.4, 0.5) is 13.2 Å². The first kappa shape index (κ1) is 19.8. The second kappa shape index (κ2) is 7.82. The summed E-state index contributed by atoms with van der Waals surface area (Å²) >= 11 is 0. The molecule has 2 rings (SSSR count). The highest BCUT2D eigenvalue weighted by molar-refractivity contribution is 5.43. The minimum Gasteiger partial charge on any atom is -0.502 e. The van der Waals surface area contributed by atoms with Crippen molar-refractivity contribution >= 4 is 0 Å². The number of aryl methyl sites for hydroxylation is 2. The van der Waals surface area contributed by atoms with Crippen molar-refractivity contribution < 1.29 is 27.4 Å². The van der Waals surface area contributed by atoms with E-state index in [1.165, 1.54) is 6.07 Å². The van der Waals surface area contributed by atoms with Gasteiger partial charge in [-0.25, -0.2) is 0 Å². The Morgan fingerprint density at radius 1 is 1.15 bits per heavy atom. The maximum absolute atomic E-state index is 12.3. The quantitative estimate of drug-likeness (QED) is 0.842. The summed E-state index contributed by atoms with van der Waals surface area (Å²) in [5.74, 6) is 0.184. The molecule has 0 atom stereocenters. The lowest BCUT2D eigenvalue weighted by Crippen LogP contribution is -2.20. The zero-order valence-corrected chi connectivity index (χ0v) is 14.7. The van der Waals surface area contributed by atoms with Crippen LogP contribution in [0.3, 0.4) is 0 Å². The van der Waals surface area contributed by atoms with Gasteiger partial charge in [-0.15, -0.1) is 0 Å². The average molecular weight is 371 g/mol. The van der Waals surface area contributed by atoms with Crippen LogP contribution in [0.2, 0.25) is 0 Å². The smallest absolute Gasteiger partial charge is 0.422 e. The summed E-state index contributed by atoms with van der Waals surface area (Å²) in [6, 6.07) is 4.75. The fraction of sp³-hybridized carbons (Fsp3) is 0.389. The Morgan fingerprint density at radius 3 is 2.31 bits per heavy atom. The summed E-state index contributed by atoms with van der Waals surface area (Å²) in [7, 11) is 1.81. The van der Waals surface area contributed by atoms with Gasteiger partial charge in [0, 0.05) is 12.6 Å². The van der Waals surface area contributed by atoms with E-state index in [0.717, 1.165) is 11.8 Å². The number of hydrogen-bond acceptors (Lipinski definition) is 5. The van der Waals surface area contributed by atoms with Gasteiger partial charge in [0.1, 0.15) is 17.8 Å². The van der Waals surface area contributed by atoms with Crippen LogP contribution < -0.4 is 10.2 Å². The second-order valence-electron chi connectivity index (χ2n) is 6.23. The van der Waals surface area contributed by atoms with Crippen LogP contribution >= 0.6 is 0 Å². The van der Waals surface area contributed by atoms with Crippen molar-refractivity contribution in [2.24, 2.45) is 0 Å². The normalized spacial score (nSPS) is 11.8. The molecule has 0 unspecified atom stereocenters. The van der Waals surface area contributed by atoms with Crippen molar-refractivity contribution in [3.8, 4) is 11.5 Å². The summed E-state index contributed by atoms with van der Waals surface area (Å²) in [5.41, 5.74) is 1.61. The van der Waals surface area contributed by atoms with E-state index in [2.05, 4.69) is 0 Å². The van der Waals surface area contributed by atoms with E-state index in [1.54, 1.807) is 26.0 Å². The Bertz CT molecular complexity index is 807. The van der Waals surface area contributed by atoms with Crippen molar-refractivity contribution in [2.75, 3.05) is 13.7 Å². The van der Waals surface area contributed by atoms with Gasteiger partial charge >= 0.3 is 6.18 Å². The molecule has 0 aliphatic carbocycles. The minimum absolute atomic E-state index is 0.234. The number of aromatic hydroxyl groups is 1. The molecule has 26 heavy (non-hydrogen) atoms. The predicted octanol–water partition coefficient (Wildman–Crippen LogP) is 3.54. The van der Waals surface area contributed by atoms with Crippen LogP contribution in [-0.2, 0) is 13.1 Å². The van der Waals surface area contributed by atoms with Crippen molar-refractivity contribution in [1.29, 1.82) is 0 Å². The monoisotopic (exact) mass is 371 g/mol. The van der Waals surface area contributed by atoms with Gasteiger partial charge in [-0.2, -0.15) is 13.2 Å². The second-order valence-corrected chi connectivity index (χ2v) is 6.23. The number of rotatable bonds is 6. The molecule has 142 valence electrons. The Kier molecular flexibility index (Phi) is 5.97. The molecule has 0 saturated carbocycles. The van der Waals surface area contributed by atoms with Crippen LogP contribution in [0, 0.1) is 13.8 Å². The topological polar surface area (TPSA) is 62.9 Å². The van der Waals surface area contributed by atoms with E-state index in [0.29, 0.717) is 30.0 Å². The zero-order chi connectivity index (χ0) is 19.5. The van der Waals surface area contributed by atoms with E-state index in [-0.39, 0.29) is 5.75 Å². The van der Waals surface area contributed by atoms with E-state index < -0.39 is 24.0 Å². The number of alkyl halides is 3. The molecular formula is C18H20F3NO4. The summed E-state index contributed by atoms with van der Waals surface area (Å²) in [5, 5.41) is 9.19. The highest BCUT2D eigenvalue weighted by Gasteiger charge is 2.29. The van der Waals surface area contributed by atoms with E-state index in [9.17, 15) is 23.1 Å². The van der Waals surface area contributed by atoms with Gasteiger partial charge in [0.2, 0.25) is 5.43 Å². The molecule has 1 heterocycles. The number of halogens is 3. The molecule has 1 N–H and O–H groups in total. The zero-order valence-electron chi connectivity index (χ0n) is 14.7. The molecular weight excluding hydrogens is 351 g/mol. The third kappa shape index (κ3) is 5.52. The van der Waals surface area contributed by atoms with Crippen molar-refractivity contribution in [1.82, 2.24) is 4.90 Å². The Hall–Kier alpha value is -2.48. The molecule has 0 aliphatic rings. The van der Waals surface area contributed by atoms with E-state index in [4.69, 9.17) is 9.15 Å². The molecule has 1 aromatic heterocycles. The third-order valence-electron chi connectivity index (χ3n) is 3.64. The predicted molar refractivity (Wildman–Crippen MR) is 89.3 cm³/mol. The number of hydrogen-bond donors (Lipinski definition) is 1. The van der Waals surface area contributed by atoms with Crippen LogP contribution in [-0.4, -0.2) is 29.8 Å². The molecule has 0 bridgehead atoms. The molecule has 2 aromatic rings. The first-order valence-electron chi connectivity index (χ1n) is 7.84. The number of benzene rings is 1. The standard InChI is InChI=1S/C18H20F3NO4/c1-11-4-13(5-12(2)17(11)26-10-18(19,20)21)7-22(3)8-14-6-15(23)16(24)9-25-14/h4-6,9,24H,7-8,10H2,1-3H3. The maximum Gasteiger partial charge on any atom is 0.422 e. The Balaban J connectivity index is 2.06. The highest BCUT2D eigenvalue weighted by Crippen LogP contribution is 2.27. The van der Waals surface area contributed by atoms with Gasteiger partial charge in [-0.05, 0) is 37.6 Å². The van der Waals surface area contributed by atoms with Crippen LogP contribution in [0.25, 0.3) is 0 Å². The lowest BCUT2D eigenvalue weighted by atomic mass is 10.1. The lowest BCUT2D eigenvalue weighted by Gasteiger charge is -2.19. The van der Waals surface area contributed by atoms with Crippen molar-refractivity contribution in [3.05, 3.63) is 57.1 Å². The maximum atomic E-state index is 12.3. The highest BCUT2D eigenvalue weighted by atomic mass is 19.4. The first-order chi connectivity index (χ1) is 12.0. The van der Waals surface area contributed by atoms with Crippen molar-refractivity contribution in [3.63, 3.8) is 0 Å². The molecule has 0 radical (unpaired) electrons. The van der Waals surface area contributed by atoms with Gasteiger partial charge < -0.3 is 14.3 Å². The molecule has 1 aromatic carbocycles. The molecule has 8 heteroatoms. The summed E-state index contributed by atoms with van der Waals surface area (Å²) in [6.45, 7) is 2.89. The fourth-order valence-electron chi connectivity index (χ4n) is 2.67. The molecule has 0 amide bonds. The Labute approximate surface area is 148 Å². The summed E-state index contributed by atoms with van der Waals surface area (Å²) in [4.78, 5) is 13.3.